The van der Waals surface area contributed by atoms with Gasteiger partial charge in [0.15, 0.2) is 0 Å². The molecule has 0 spiro atoms. The van der Waals surface area contributed by atoms with Gasteiger partial charge >= 0.3 is 5.97 Å². The van der Waals surface area contributed by atoms with Crippen LogP contribution in [-0.2, 0) is 0 Å². The number of carbonyl (C=O) groups is 1. The first-order chi connectivity index (χ1) is 9.08. The molecule has 1 heterocycles. The van der Waals surface area contributed by atoms with E-state index in [0.29, 0.717) is 16.9 Å². The standard InChI is InChI=1S/C14H21N3O2/c1-16(8-9-17-6-2-3-7-17)13-10-11(15)4-5-12(13)14(18)19/h4-5,10H,2-3,6-9,15H2,1H3,(H,18,19). The fourth-order valence-electron chi connectivity index (χ4n) is 2.46. The monoisotopic (exact) mass is 263 g/mol. The normalized spacial score (nSPS) is 15.6. The third-order valence-corrected chi connectivity index (χ3v) is 3.61. The molecule has 1 aromatic rings. The number of nitrogen functional groups attached to an aromatic ring is 1. The lowest BCUT2D eigenvalue weighted by molar-refractivity contribution is 0.0697. The minimum absolute atomic E-state index is 0.304. The molecule has 2 rings (SSSR count). The summed E-state index contributed by atoms with van der Waals surface area (Å²) in [5, 5.41) is 9.21. The molecule has 0 bridgehead atoms. The van der Waals surface area contributed by atoms with Gasteiger partial charge < -0.3 is 20.6 Å². The van der Waals surface area contributed by atoms with Crippen molar-refractivity contribution in [1.82, 2.24) is 4.90 Å². The summed E-state index contributed by atoms with van der Waals surface area (Å²) in [6, 6.07) is 4.92. The number of nitrogens with zero attached hydrogens (tertiary/aromatic N) is 2. The smallest absolute Gasteiger partial charge is 0.337 e. The Balaban J connectivity index is 2.06. The summed E-state index contributed by atoms with van der Waals surface area (Å²) in [6.07, 6.45) is 2.53. The first-order valence-corrected chi connectivity index (χ1v) is 6.64. The van der Waals surface area contributed by atoms with Crippen molar-refractivity contribution in [1.29, 1.82) is 0 Å². The summed E-state index contributed by atoms with van der Waals surface area (Å²) in [7, 11) is 1.91. The molecule has 3 N–H and O–H groups in total. The lowest BCUT2D eigenvalue weighted by atomic mass is 10.1. The van der Waals surface area contributed by atoms with E-state index in [1.807, 2.05) is 11.9 Å². The minimum Gasteiger partial charge on any atom is -0.478 e. The first-order valence-electron chi connectivity index (χ1n) is 6.64. The van der Waals surface area contributed by atoms with Crippen molar-refractivity contribution in [2.75, 3.05) is 43.9 Å². The van der Waals surface area contributed by atoms with Crippen molar-refractivity contribution in [2.24, 2.45) is 0 Å². The number of hydrogen-bond acceptors (Lipinski definition) is 4. The predicted molar refractivity (Wildman–Crippen MR) is 76.8 cm³/mol. The summed E-state index contributed by atoms with van der Waals surface area (Å²) >= 11 is 0. The van der Waals surface area contributed by atoms with E-state index in [-0.39, 0.29) is 0 Å². The zero-order chi connectivity index (χ0) is 13.8. The van der Waals surface area contributed by atoms with Crippen LogP contribution in [0.3, 0.4) is 0 Å². The van der Waals surface area contributed by atoms with E-state index in [9.17, 15) is 9.90 Å². The Kier molecular flexibility index (Phi) is 4.27. The molecule has 1 fully saturated rings. The molecule has 0 aliphatic carbocycles. The molecule has 0 aromatic heterocycles. The van der Waals surface area contributed by atoms with Crippen molar-refractivity contribution in [3.8, 4) is 0 Å². The number of nitrogens with two attached hydrogens (primary N) is 1. The molecule has 5 nitrogen and oxygen atoms in total. The number of aromatic carboxylic acids is 1. The highest BCUT2D eigenvalue weighted by Gasteiger charge is 2.16. The van der Waals surface area contributed by atoms with Gasteiger partial charge in [-0.2, -0.15) is 0 Å². The van der Waals surface area contributed by atoms with Crippen LogP contribution in [0.15, 0.2) is 18.2 Å². The van der Waals surface area contributed by atoms with E-state index in [0.717, 1.165) is 26.2 Å². The second-order valence-corrected chi connectivity index (χ2v) is 5.05. The highest BCUT2D eigenvalue weighted by atomic mass is 16.4. The van der Waals surface area contributed by atoms with Crippen LogP contribution in [0.2, 0.25) is 0 Å². The van der Waals surface area contributed by atoms with E-state index in [1.165, 1.54) is 12.8 Å². The van der Waals surface area contributed by atoms with Crippen molar-refractivity contribution in [3.63, 3.8) is 0 Å². The predicted octanol–water partition coefficient (Wildman–Crippen LogP) is 1.50. The highest BCUT2D eigenvalue weighted by molar-refractivity contribution is 5.95. The molecule has 0 amide bonds. The van der Waals surface area contributed by atoms with Crippen LogP contribution >= 0.6 is 0 Å². The van der Waals surface area contributed by atoms with E-state index >= 15 is 0 Å². The number of anilines is 2. The molecule has 5 heteroatoms. The van der Waals surface area contributed by atoms with Crippen LogP contribution in [-0.4, -0.2) is 49.2 Å². The van der Waals surface area contributed by atoms with Gasteiger partial charge in [-0.15, -0.1) is 0 Å². The molecular formula is C14H21N3O2. The minimum atomic E-state index is -0.914. The number of benzene rings is 1. The maximum Gasteiger partial charge on any atom is 0.337 e. The van der Waals surface area contributed by atoms with Crippen LogP contribution in [0.5, 0.6) is 0 Å². The average molecular weight is 263 g/mol. The van der Waals surface area contributed by atoms with Crippen LogP contribution in [0.25, 0.3) is 0 Å². The number of likely N-dealkylation sites (N-methyl/N-ethyl adjacent to an activating group) is 1. The Hall–Kier alpha value is -1.75. The zero-order valence-electron chi connectivity index (χ0n) is 11.3. The van der Waals surface area contributed by atoms with Crippen LogP contribution < -0.4 is 10.6 Å². The maximum absolute atomic E-state index is 11.2. The third-order valence-electron chi connectivity index (χ3n) is 3.61. The van der Waals surface area contributed by atoms with Crippen molar-refractivity contribution < 1.29 is 9.90 Å². The fourth-order valence-corrected chi connectivity index (χ4v) is 2.46. The Bertz CT molecular complexity index is 456. The molecule has 1 aliphatic heterocycles. The second kappa shape index (κ2) is 5.93. The maximum atomic E-state index is 11.2. The molecule has 104 valence electrons. The van der Waals surface area contributed by atoms with Gasteiger partial charge in [0.1, 0.15) is 0 Å². The Labute approximate surface area is 113 Å². The molecular weight excluding hydrogens is 242 g/mol. The van der Waals surface area contributed by atoms with Gasteiger partial charge in [-0.05, 0) is 44.1 Å². The molecule has 19 heavy (non-hydrogen) atoms. The van der Waals surface area contributed by atoms with Gasteiger partial charge in [0.05, 0.1) is 11.3 Å². The van der Waals surface area contributed by atoms with Gasteiger partial charge in [0, 0.05) is 25.8 Å². The van der Waals surface area contributed by atoms with Gasteiger partial charge in [-0.1, -0.05) is 0 Å². The second-order valence-electron chi connectivity index (χ2n) is 5.05. The quantitative estimate of drug-likeness (QED) is 0.788. The van der Waals surface area contributed by atoms with Crippen molar-refractivity contribution in [2.45, 2.75) is 12.8 Å². The summed E-state index contributed by atoms with van der Waals surface area (Å²) < 4.78 is 0. The first kappa shape index (κ1) is 13.7. The SMILES string of the molecule is CN(CCN1CCCC1)c1cc(N)ccc1C(=O)O. The van der Waals surface area contributed by atoms with Crippen LogP contribution in [0.4, 0.5) is 11.4 Å². The largest absolute Gasteiger partial charge is 0.478 e. The summed E-state index contributed by atoms with van der Waals surface area (Å²) in [4.78, 5) is 15.6. The van der Waals surface area contributed by atoms with E-state index in [1.54, 1.807) is 18.2 Å². The highest BCUT2D eigenvalue weighted by Crippen LogP contribution is 2.23. The Morgan fingerprint density at radius 2 is 2.11 bits per heavy atom. The number of likely N-dealkylation sites (tertiary alicyclic amines) is 1. The molecule has 1 aliphatic rings. The van der Waals surface area contributed by atoms with Crippen LogP contribution in [0.1, 0.15) is 23.2 Å². The van der Waals surface area contributed by atoms with Gasteiger partial charge in [-0.3, -0.25) is 0 Å². The van der Waals surface area contributed by atoms with Gasteiger partial charge in [0.2, 0.25) is 0 Å². The topological polar surface area (TPSA) is 69.8 Å². The number of carboxylic acids is 1. The van der Waals surface area contributed by atoms with Gasteiger partial charge in [-0.25, -0.2) is 4.79 Å². The Morgan fingerprint density at radius 3 is 2.74 bits per heavy atom. The van der Waals surface area contributed by atoms with E-state index in [4.69, 9.17) is 5.73 Å². The molecule has 0 radical (unpaired) electrons. The van der Waals surface area contributed by atoms with Crippen molar-refractivity contribution >= 4 is 17.3 Å². The molecule has 0 atom stereocenters. The summed E-state index contributed by atoms with van der Waals surface area (Å²) in [5.41, 5.74) is 7.34. The van der Waals surface area contributed by atoms with Crippen LogP contribution in [0, 0.1) is 0 Å². The fraction of sp³-hybridized carbons (Fsp3) is 0.500. The number of hydrogen-bond donors (Lipinski definition) is 2. The average Bonchev–Trinajstić information content (AvgIpc) is 2.88. The summed E-state index contributed by atoms with van der Waals surface area (Å²) in [6.45, 7) is 4.07. The molecule has 1 saturated heterocycles. The molecule has 0 saturated carbocycles. The van der Waals surface area contributed by atoms with Crippen molar-refractivity contribution in [3.05, 3.63) is 23.8 Å². The van der Waals surface area contributed by atoms with E-state index in [2.05, 4.69) is 4.90 Å². The number of rotatable bonds is 5. The molecule has 1 aromatic carbocycles. The molecule has 0 unspecified atom stereocenters. The lowest BCUT2D eigenvalue weighted by Gasteiger charge is -2.24. The van der Waals surface area contributed by atoms with E-state index < -0.39 is 5.97 Å². The lowest BCUT2D eigenvalue weighted by Crippen LogP contribution is -2.32. The van der Waals surface area contributed by atoms with Gasteiger partial charge in [0.25, 0.3) is 0 Å². The zero-order valence-corrected chi connectivity index (χ0v) is 11.3. The number of carboxylic acid groups (broad SMARTS) is 1. The Morgan fingerprint density at radius 1 is 1.42 bits per heavy atom. The third kappa shape index (κ3) is 3.38. The summed E-state index contributed by atoms with van der Waals surface area (Å²) in [5.74, 6) is -0.914.